The summed E-state index contributed by atoms with van der Waals surface area (Å²) in [5.74, 6) is 1.16. The van der Waals surface area contributed by atoms with Gasteiger partial charge in [0.25, 0.3) is 0 Å². The van der Waals surface area contributed by atoms with Crippen molar-refractivity contribution in [2.45, 2.75) is 52.1 Å². The maximum absolute atomic E-state index is 12.5. The Bertz CT molecular complexity index is 446. The molecule has 0 spiro atoms. The molecular formula is C16H23F3N2. The molecular weight excluding hydrogens is 277 g/mol. The molecule has 0 radical (unpaired) electrons. The standard InChI is InChI=1S/C16H23F3N2/c1-12(2)9-15(7-3-4-8-15)11-21-14-6-5-13(10-20-14)16(17,18)19/h5-6,10,12H,3-4,7-9,11H2,1-2H3,(H,20,21). The Kier molecular flexibility index (Phi) is 4.79. The zero-order valence-electron chi connectivity index (χ0n) is 12.6. The first-order chi connectivity index (χ1) is 9.81. The summed E-state index contributed by atoms with van der Waals surface area (Å²) in [4.78, 5) is 3.89. The summed E-state index contributed by atoms with van der Waals surface area (Å²) in [7, 11) is 0. The normalized spacial score (nSPS) is 18.2. The van der Waals surface area contributed by atoms with E-state index in [-0.39, 0.29) is 5.41 Å². The summed E-state index contributed by atoms with van der Waals surface area (Å²) in [6.45, 7) is 5.23. The van der Waals surface area contributed by atoms with Crippen LogP contribution in [0.5, 0.6) is 0 Å². The van der Waals surface area contributed by atoms with Crippen LogP contribution in [0.2, 0.25) is 0 Å². The Labute approximate surface area is 124 Å². The van der Waals surface area contributed by atoms with Crippen LogP contribution in [0.3, 0.4) is 0 Å². The average Bonchev–Trinajstić information content (AvgIpc) is 2.84. The molecule has 1 fully saturated rings. The molecule has 0 aromatic carbocycles. The number of alkyl halides is 3. The maximum atomic E-state index is 12.5. The van der Waals surface area contributed by atoms with Crippen molar-refractivity contribution >= 4 is 5.82 Å². The third-order valence-electron chi connectivity index (χ3n) is 4.24. The molecule has 1 aromatic rings. The first-order valence-electron chi connectivity index (χ1n) is 7.58. The molecule has 0 bridgehead atoms. The van der Waals surface area contributed by atoms with Gasteiger partial charge in [0, 0.05) is 12.7 Å². The zero-order chi connectivity index (χ0) is 15.5. The van der Waals surface area contributed by atoms with Crippen molar-refractivity contribution in [1.82, 2.24) is 4.98 Å². The van der Waals surface area contributed by atoms with Crippen molar-refractivity contribution in [3.8, 4) is 0 Å². The molecule has 0 atom stereocenters. The SMILES string of the molecule is CC(C)CC1(CNc2ccc(C(F)(F)F)cn2)CCCC1. The zero-order valence-corrected chi connectivity index (χ0v) is 12.6. The van der Waals surface area contributed by atoms with E-state index >= 15 is 0 Å². The van der Waals surface area contributed by atoms with Crippen LogP contribution in [0.25, 0.3) is 0 Å². The summed E-state index contributed by atoms with van der Waals surface area (Å²) < 4.78 is 37.5. The summed E-state index contributed by atoms with van der Waals surface area (Å²) in [6.07, 6.45) is 2.60. The van der Waals surface area contributed by atoms with Gasteiger partial charge < -0.3 is 5.32 Å². The molecule has 1 aliphatic carbocycles. The first kappa shape index (κ1) is 16.1. The highest BCUT2D eigenvalue weighted by molar-refractivity contribution is 5.36. The van der Waals surface area contributed by atoms with E-state index in [1.807, 2.05) is 0 Å². The molecule has 1 aliphatic rings. The maximum Gasteiger partial charge on any atom is 0.417 e. The number of hydrogen-bond acceptors (Lipinski definition) is 2. The fraction of sp³-hybridized carbons (Fsp3) is 0.688. The van der Waals surface area contributed by atoms with E-state index in [4.69, 9.17) is 0 Å². The molecule has 0 unspecified atom stereocenters. The molecule has 2 nitrogen and oxygen atoms in total. The number of halogens is 3. The van der Waals surface area contributed by atoms with E-state index in [9.17, 15) is 13.2 Å². The number of hydrogen-bond donors (Lipinski definition) is 1. The Morgan fingerprint density at radius 2 is 1.90 bits per heavy atom. The van der Waals surface area contributed by atoms with Crippen molar-refractivity contribution in [3.05, 3.63) is 23.9 Å². The predicted octanol–water partition coefficient (Wildman–Crippen LogP) is 5.12. The summed E-state index contributed by atoms with van der Waals surface area (Å²) in [5.41, 5.74) is -0.427. The van der Waals surface area contributed by atoms with Crippen LogP contribution in [0.1, 0.15) is 51.5 Å². The van der Waals surface area contributed by atoms with E-state index in [1.54, 1.807) is 0 Å². The van der Waals surface area contributed by atoms with Gasteiger partial charge in [-0.2, -0.15) is 13.2 Å². The van der Waals surface area contributed by atoms with Gasteiger partial charge >= 0.3 is 6.18 Å². The Morgan fingerprint density at radius 3 is 2.38 bits per heavy atom. The number of rotatable bonds is 5. The number of pyridine rings is 1. The lowest BCUT2D eigenvalue weighted by molar-refractivity contribution is -0.137. The van der Waals surface area contributed by atoms with Gasteiger partial charge in [-0.25, -0.2) is 4.98 Å². The third-order valence-corrected chi connectivity index (χ3v) is 4.24. The molecule has 21 heavy (non-hydrogen) atoms. The lowest BCUT2D eigenvalue weighted by atomic mass is 9.78. The number of nitrogens with one attached hydrogen (secondary N) is 1. The minimum Gasteiger partial charge on any atom is -0.370 e. The fourth-order valence-corrected chi connectivity index (χ4v) is 3.39. The van der Waals surface area contributed by atoms with Crippen LogP contribution < -0.4 is 5.32 Å². The average molecular weight is 300 g/mol. The largest absolute Gasteiger partial charge is 0.417 e. The van der Waals surface area contributed by atoms with Crippen molar-refractivity contribution in [2.75, 3.05) is 11.9 Å². The topological polar surface area (TPSA) is 24.9 Å². The second-order valence-electron chi connectivity index (χ2n) is 6.59. The summed E-state index contributed by atoms with van der Waals surface area (Å²) in [6, 6.07) is 2.50. The quantitative estimate of drug-likeness (QED) is 0.816. The van der Waals surface area contributed by atoms with E-state index in [0.717, 1.165) is 25.2 Å². The highest BCUT2D eigenvalue weighted by Crippen LogP contribution is 2.43. The highest BCUT2D eigenvalue weighted by atomic mass is 19.4. The van der Waals surface area contributed by atoms with Gasteiger partial charge in [0.1, 0.15) is 5.82 Å². The van der Waals surface area contributed by atoms with E-state index in [2.05, 4.69) is 24.1 Å². The minimum atomic E-state index is -4.32. The minimum absolute atomic E-state index is 0.276. The van der Waals surface area contributed by atoms with Crippen LogP contribution in [-0.2, 0) is 6.18 Å². The molecule has 0 saturated heterocycles. The van der Waals surface area contributed by atoms with E-state index in [1.165, 1.54) is 31.7 Å². The van der Waals surface area contributed by atoms with E-state index < -0.39 is 11.7 Å². The molecule has 5 heteroatoms. The van der Waals surface area contributed by atoms with Crippen LogP contribution in [0.15, 0.2) is 18.3 Å². The molecule has 0 amide bonds. The van der Waals surface area contributed by atoms with E-state index in [0.29, 0.717) is 11.7 Å². The molecule has 1 aromatic heterocycles. The monoisotopic (exact) mass is 300 g/mol. The lowest BCUT2D eigenvalue weighted by Gasteiger charge is -2.31. The van der Waals surface area contributed by atoms with Crippen LogP contribution in [0, 0.1) is 11.3 Å². The highest BCUT2D eigenvalue weighted by Gasteiger charge is 2.34. The third kappa shape index (κ3) is 4.35. The number of nitrogens with zero attached hydrogens (tertiary/aromatic N) is 1. The Balaban J connectivity index is 1.98. The molecule has 1 N–H and O–H groups in total. The molecule has 118 valence electrons. The molecule has 1 saturated carbocycles. The van der Waals surface area contributed by atoms with Gasteiger partial charge in [0.2, 0.25) is 0 Å². The van der Waals surface area contributed by atoms with Crippen LogP contribution in [0.4, 0.5) is 19.0 Å². The van der Waals surface area contributed by atoms with Gasteiger partial charge in [-0.1, -0.05) is 26.7 Å². The Hall–Kier alpha value is -1.26. The predicted molar refractivity (Wildman–Crippen MR) is 78.1 cm³/mol. The van der Waals surface area contributed by atoms with Gasteiger partial charge in [-0.15, -0.1) is 0 Å². The lowest BCUT2D eigenvalue weighted by Crippen LogP contribution is -2.28. The number of aromatic nitrogens is 1. The number of anilines is 1. The van der Waals surface area contributed by atoms with Crippen LogP contribution >= 0.6 is 0 Å². The second kappa shape index (κ2) is 6.24. The van der Waals surface area contributed by atoms with Crippen molar-refractivity contribution in [3.63, 3.8) is 0 Å². The van der Waals surface area contributed by atoms with Crippen LogP contribution in [-0.4, -0.2) is 11.5 Å². The van der Waals surface area contributed by atoms with Gasteiger partial charge in [0.05, 0.1) is 5.56 Å². The smallest absolute Gasteiger partial charge is 0.370 e. The molecule has 2 rings (SSSR count). The molecule has 1 heterocycles. The summed E-state index contributed by atoms with van der Waals surface area (Å²) in [5, 5.41) is 3.23. The first-order valence-corrected chi connectivity index (χ1v) is 7.58. The summed E-state index contributed by atoms with van der Waals surface area (Å²) >= 11 is 0. The second-order valence-corrected chi connectivity index (χ2v) is 6.59. The molecule has 0 aliphatic heterocycles. The fourth-order valence-electron chi connectivity index (χ4n) is 3.39. The Morgan fingerprint density at radius 1 is 1.24 bits per heavy atom. The van der Waals surface area contributed by atoms with Gasteiger partial charge in [0.15, 0.2) is 0 Å². The van der Waals surface area contributed by atoms with Gasteiger partial charge in [-0.05, 0) is 42.7 Å². The van der Waals surface area contributed by atoms with Gasteiger partial charge in [-0.3, -0.25) is 0 Å². The van der Waals surface area contributed by atoms with Crippen molar-refractivity contribution in [1.29, 1.82) is 0 Å². The van der Waals surface area contributed by atoms with Crippen molar-refractivity contribution in [2.24, 2.45) is 11.3 Å². The van der Waals surface area contributed by atoms with Crippen molar-refractivity contribution < 1.29 is 13.2 Å².